The molecule has 2 atom stereocenters. The Bertz CT molecular complexity index is 673. The van der Waals surface area contributed by atoms with E-state index < -0.39 is 17.7 Å². The SMILES string of the molecule is CCC(=O)C1=C(O)C(=O)N(CC2CCCO2)C1c1ccc(O)cc1. The number of hydrogen-bond donors (Lipinski definition) is 2. The monoisotopic (exact) mass is 331 g/mol. The molecule has 0 bridgehead atoms. The molecule has 0 saturated carbocycles. The predicted molar refractivity (Wildman–Crippen MR) is 86.5 cm³/mol. The van der Waals surface area contributed by atoms with Crippen LogP contribution in [0.2, 0.25) is 0 Å². The van der Waals surface area contributed by atoms with Crippen molar-refractivity contribution < 1.29 is 24.5 Å². The maximum Gasteiger partial charge on any atom is 0.290 e. The first-order valence-electron chi connectivity index (χ1n) is 8.20. The van der Waals surface area contributed by atoms with Gasteiger partial charge in [0.25, 0.3) is 5.91 Å². The molecule has 3 rings (SSSR count). The third kappa shape index (κ3) is 2.89. The van der Waals surface area contributed by atoms with Crippen LogP contribution in [0, 0.1) is 0 Å². The molecule has 2 heterocycles. The molecule has 1 saturated heterocycles. The molecule has 0 aliphatic carbocycles. The third-order valence-corrected chi connectivity index (χ3v) is 4.56. The number of ketones is 1. The topological polar surface area (TPSA) is 87.1 Å². The zero-order valence-electron chi connectivity index (χ0n) is 13.6. The van der Waals surface area contributed by atoms with Crippen molar-refractivity contribution in [2.24, 2.45) is 0 Å². The van der Waals surface area contributed by atoms with E-state index in [4.69, 9.17) is 4.74 Å². The minimum atomic E-state index is -0.644. The molecule has 1 fully saturated rings. The van der Waals surface area contributed by atoms with Gasteiger partial charge in [0.1, 0.15) is 5.75 Å². The number of phenols is 1. The Morgan fingerprint density at radius 1 is 1.29 bits per heavy atom. The maximum absolute atomic E-state index is 12.5. The fraction of sp³-hybridized carbons (Fsp3) is 0.444. The number of rotatable bonds is 5. The third-order valence-electron chi connectivity index (χ3n) is 4.56. The smallest absolute Gasteiger partial charge is 0.290 e. The van der Waals surface area contributed by atoms with Crippen LogP contribution in [0.1, 0.15) is 37.8 Å². The van der Waals surface area contributed by atoms with Crippen molar-refractivity contribution in [3.63, 3.8) is 0 Å². The molecule has 128 valence electrons. The molecular weight excluding hydrogens is 310 g/mol. The highest BCUT2D eigenvalue weighted by Crippen LogP contribution is 2.39. The van der Waals surface area contributed by atoms with Gasteiger partial charge in [-0.05, 0) is 30.5 Å². The fourth-order valence-corrected chi connectivity index (χ4v) is 3.33. The number of aliphatic hydroxyl groups is 1. The number of Topliss-reactive ketones (excluding diaryl/α,β-unsaturated/α-hetero) is 1. The van der Waals surface area contributed by atoms with Crippen LogP contribution in [0.15, 0.2) is 35.6 Å². The Morgan fingerprint density at radius 3 is 2.58 bits per heavy atom. The minimum absolute atomic E-state index is 0.0857. The molecule has 2 N–H and O–H groups in total. The van der Waals surface area contributed by atoms with E-state index >= 15 is 0 Å². The summed E-state index contributed by atoms with van der Waals surface area (Å²) in [7, 11) is 0. The summed E-state index contributed by atoms with van der Waals surface area (Å²) >= 11 is 0. The summed E-state index contributed by atoms with van der Waals surface area (Å²) in [5, 5.41) is 19.8. The van der Waals surface area contributed by atoms with Crippen molar-refractivity contribution in [3.05, 3.63) is 41.2 Å². The van der Waals surface area contributed by atoms with Crippen molar-refractivity contribution in [3.8, 4) is 5.75 Å². The number of ether oxygens (including phenoxy) is 1. The number of amides is 1. The van der Waals surface area contributed by atoms with Gasteiger partial charge in [-0.2, -0.15) is 0 Å². The first kappa shape index (κ1) is 16.5. The average Bonchev–Trinajstić information content (AvgIpc) is 3.17. The lowest BCUT2D eigenvalue weighted by Gasteiger charge is -2.28. The summed E-state index contributed by atoms with van der Waals surface area (Å²) in [6.07, 6.45) is 1.91. The first-order chi connectivity index (χ1) is 11.5. The molecule has 1 amide bonds. The fourth-order valence-electron chi connectivity index (χ4n) is 3.33. The van der Waals surface area contributed by atoms with Gasteiger partial charge in [-0.25, -0.2) is 0 Å². The van der Waals surface area contributed by atoms with Gasteiger partial charge in [0, 0.05) is 19.6 Å². The van der Waals surface area contributed by atoms with Crippen LogP contribution < -0.4 is 0 Å². The highest BCUT2D eigenvalue weighted by atomic mass is 16.5. The predicted octanol–water partition coefficient (Wildman–Crippen LogP) is 2.25. The van der Waals surface area contributed by atoms with Crippen LogP contribution in [0.3, 0.4) is 0 Å². The summed E-state index contributed by atoms with van der Waals surface area (Å²) in [5.74, 6) is -1.17. The van der Waals surface area contributed by atoms with E-state index in [1.807, 2.05) is 0 Å². The Balaban J connectivity index is 1.99. The van der Waals surface area contributed by atoms with Gasteiger partial charge in [-0.1, -0.05) is 19.1 Å². The van der Waals surface area contributed by atoms with E-state index in [2.05, 4.69) is 0 Å². The largest absolute Gasteiger partial charge is 0.508 e. The highest BCUT2D eigenvalue weighted by molar-refractivity contribution is 6.08. The Morgan fingerprint density at radius 2 is 2.00 bits per heavy atom. The minimum Gasteiger partial charge on any atom is -0.508 e. The summed E-state index contributed by atoms with van der Waals surface area (Å²) < 4.78 is 5.60. The molecule has 6 nitrogen and oxygen atoms in total. The van der Waals surface area contributed by atoms with E-state index in [1.165, 1.54) is 17.0 Å². The van der Waals surface area contributed by atoms with Gasteiger partial charge in [0.15, 0.2) is 11.5 Å². The summed E-state index contributed by atoms with van der Waals surface area (Å²) in [6, 6.07) is 5.70. The number of carbonyl (C=O) groups excluding carboxylic acids is 2. The lowest BCUT2D eigenvalue weighted by molar-refractivity contribution is -0.131. The van der Waals surface area contributed by atoms with E-state index in [1.54, 1.807) is 19.1 Å². The van der Waals surface area contributed by atoms with E-state index in [9.17, 15) is 19.8 Å². The highest BCUT2D eigenvalue weighted by Gasteiger charge is 2.43. The molecule has 24 heavy (non-hydrogen) atoms. The number of carbonyl (C=O) groups is 2. The maximum atomic E-state index is 12.5. The quantitative estimate of drug-likeness (QED) is 0.864. The van der Waals surface area contributed by atoms with Crippen molar-refractivity contribution in [2.75, 3.05) is 13.2 Å². The van der Waals surface area contributed by atoms with Crippen molar-refractivity contribution in [1.82, 2.24) is 4.90 Å². The Labute approximate surface area is 140 Å². The molecule has 2 aliphatic rings. The van der Waals surface area contributed by atoms with Crippen molar-refractivity contribution in [1.29, 1.82) is 0 Å². The van der Waals surface area contributed by atoms with Crippen LogP contribution in [0.4, 0.5) is 0 Å². The standard InChI is InChI=1S/C18H21NO5/c1-2-14(21)15-16(11-5-7-12(20)8-6-11)19(18(23)17(15)22)10-13-4-3-9-24-13/h5-8,13,16,20,22H,2-4,9-10H2,1H3. The second-order valence-electron chi connectivity index (χ2n) is 6.13. The normalized spacial score (nSPS) is 24.0. The van der Waals surface area contributed by atoms with Gasteiger partial charge in [0.05, 0.1) is 17.7 Å². The zero-order chi connectivity index (χ0) is 17.3. The average molecular weight is 331 g/mol. The van der Waals surface area contributed by atoms with Gasteiger partial charge < -0.3 is 19.8 Å². The summed E-state index contributed by atoms with van der Waals surface area (Å²) in [6.45, 7) is 2.69. The Kier molecular flexibility index (Phi) is 4.57. The van der Waals surface area contributed by atoms with E-state index in [-0.39, 0.29) is 29.6 Å². The van der Waals surface area contributed by atoms with Crippen LogP contribution in [-0.4, -0.2) is 46.1 Å². The molecule has 0 radical (unpaired) electrons. The van der Waals surface area contributed by atoms with Crippen LogP contribution in [-0.2, 0) is 14.3 Å². The molecule has 1 aromatic carbocycles. The lowest BCUT2D eigenvalue weighted by Crippen LogP contribution is -2.37. The number of hydrogen-bond acceptors (Lipinski definition) is 5. The number of phenolic OH excluding ortho intramolecular Hbond substituents is 1. The van der Waals surface area contributed by atoms with Crippen molar-refractivity contribution in [2.45, 2.75) is 38.3 Å². The van der Waals surface area contributed by atoms with E-state index in [0.717, 1.165) is 12.8 Å². The second-order valence-corrected chi connectivity index (χ2v) is 6.13. The van der Waals surface area contributed by atoms with Gasteiger partial charge >= 0.3 is 0 Å². The molecule has 1 aromatic rings. The van der Waals surface area contributed by atoms with Gasteiger partial charge in [0.2, 0.25) is 0 Å². The van der Waals surface area contributed by atoms with Gasteiger partial charge in [-0.3, -0.25) is 9.59 Å². The number of nitrogens with zero attached hydrogens (tertiary/aromatic N) is 1. The molecule has 6 heteroatoms. The molecule has 2 aliphatic heterocycles. The lowest BCUT2D eigenvalue weighted by atomic mass is 9.95. The van der Waals surface area contributed by atoms with Crippen molar-refractivity contribution >= 4 is 11.7 Å². The molecule has 2 unspecified atom stereocenters. The molecule has 0 aromatic heterocycles. The van der Waals surface area contributed by atoms with Crippen LogP contribution >= 0.6 is 0 Å². The summed E-state index contributed by atoms with van der Waals surface area (Å²) in [5.41, 5.74) is 0.811. The summed E-state index contributed by atoms with van der Waals surface area (Å²) in [4.78, 5) is 26.4. The Hall–Kier alpha value is -2.34. The van der Waals surface area contributed by atoms with Gasteiger partial charge in [-0.15, -0.1) is 0 Å². The van der Waals surface area contributed by atoms with E-state index in [0.29, 0.717) is 18.7 Å². The molecule has 0 spiro atoms. The zero-order valence-corrected chi connectivity index (χ0v) is 13.6. The molecular formula is C18H21NO5. The number of benzene rings is 1. The number of aromatic hydroxyl groups is 1. The van der Waals surface area contributed by atoms with Crippen LogP contribution in [0.5, 0.6) is 5.75 Å². The first-order valence-corrected chi connectivity index (χ1v) is 8.20. The van der Waals surface area contributed by atoms with Crippen LogP contribution in [0.25, 0.3) is 0 Å². The number of aliphatic hydroxyl groups excluding tert-OH is 1. The second kappa shape index (κ2) is 6.65.